The van der Waals surface area contributed by atoms with Crippen LogP contribution in [0.4, 0.5) is 4.39 Å². The lowest BCUT2D eigenvalue weighted by molar-refractivity contribution is 0.0178. The van der Waals surface area contributed by atoms with E-state index in [0.717, 1.165) is 4.47 Å². The van der Waals surface area contributed by atoms with Crippen LogP contribution in [0, 0.1) is 5.82 Å². The highest BCUT2D eigenvalue weighted by Crippen LogP contribution is 2.09. The summed E-state index contributed by atoms with van der Waals surface area (Å²) < 4.78 is 21.1. The third-order valence-corrected chi connectivity index (χ3v) is 2.93. The second-order valence-corrected chi connectivity index (χ2v) is 5.06. The largest absolute Gasteiger partial charge is 0.389 e. The summed E-state index contributed by atoms with van der Waals surface area (Å²) in [4.78, 5) is 0. The van der Waals surface area contributed by atoms with Gasteiger partial charge in [0.2, 0.25) is 0 Å². The van der Waals surface area contributed by atoms with Crippen molar-refractivity contribution in [3.63, 3.8) is 0 Å². The van der Waals surface area contributed by atoms with Crippen molar-refractivity contribution < 1.29 is 14.2 Å². The van der Waals surface area contributed by atoms with Crippen molar-refractivity contribution in [3.8, 4) is 0 Å². The van der Waals surface area contributed by atoms with Crippen molar-refractivity contribution in [2.45, 2.75) is 19.3 Å². The molecule has 0 saturated carbocycles. The molecule has 2 aromatic rings. The number of rotatable bonds is 6. The van der Waals surface area contributed by atoms with E-state index in [0.29, 0.717) is 12.1 Å². The van der Waals surface area contributed by atoms with Gasteiger partial charge in [0.25, 0.3) is 0 Å². The molecule has 0 spiro atoms. The number of aromatic nitrogens is 2. The Morgan fingerprint density at radius 3 is 2.89 bits per heavy atom. The first-order valence-electron chi connectivity index (χ1n) is 5.82. The summed E-state index contributed by atoms with van der Waals surface area (Å²) in [6.45, 7) is 0.612. The fourth-order valence-corrected chi connectivity index (χ4v) is 1.96. The second-order valence-electron chi connectivity index (χ2n) is 4.14. The summed E-state index contributed by atoms with van der Waals surface area (Å²) in [5.41, 5.74) is 0.483. The van der Waals surface area contributed by atoms with Crippen molar-refractivity contribution in [1.29, 1.82) is 0 Å². The molecular formula is C13H14BrFN2O2. The van der Waals surface area contributed by atoms with Crippen molar-refractivity contribution >= 4 is 15.9 Å². The van der Waals surface area contributed by atoms with Gasteiger partial charge in [-0.3, -0.25) is 4.68 Å². The molecule has 1 N–H and O–H groups in total. The molecule has 0 aliphatic rings. The zero-order chi connectivity index (χ0) is 13.7. The molecule has 0 saturated heterocycles. The highest BCUT2D eigenvalue weighted by atomic mass is 79.9. The number of hydrogen-bond acceptors (Lipinski definition) is 3. The van der Waals surface area contributed by atoms with E-state index in [1.54, 1.807) is 35.3 Å². The highest BCUT2D eigenvalue weighted by Gasteiger charge is 2.08. The van der Waals surface area contributed by atoms with Crippen LogP contribution in [-0.2, 0) is 17.9 Å². The average Bonchev–Trinajstić information content (AvgIpc) is 2.77. The molecule has 0 fully saturated rings. The number of hydrogen-bond donors (Lipinski definition) is 1. The molecule has 0 radical (unpaired) electrons. The smallest absolute Gasteiger partial charge is 0.128 e. The third kappa shape index (κ3) is 4.41. The Morgan fingerprint density at radius 2 is 2.21 bits per heavy atom. The molecule has 6 heteroatoms. The SMILES string of the molecule is O[C@@H](COCc1ccccc1F)Cn1cc(Br)cn1. The van der Waals surface area contributed by atoms with E-state index >= 15 is 0 Å². The Morgan fingerprint density at radius 1 is 1.42 bits per heavy atom. The Balaban J connectivity index is 1.75. The molecule has 0 aliphatic carbocycles. The van der Waals surface area contributed by atoms with E-state index in [-0.39, 0.29) is 19.0 Å². The number of aliphatic hydroxyl groups is 1. The van der Waals surface area contributed by atoms with Crippen molar-refractivity contribution in [2.24, 2.45) is 0 Å². The normalized spacial score (nSPS) is 12.6. The van der Waals surface area contributed by atoms with Gasteiger partial charge in [0, 0.05) is 11.8 Å². The number of benzene rings is 1. The molecule has 4 nitrogen and oxygen atoms in total. The molecule has 0 aliphatic heterocycles. The molecular weight excluding hydrogens is 315 g/mol. The monoisotopic (exact) mass is 328 g/mol. The number of ether oxygens (including phenoxy) is 1. The molecule has 0 amide bonds. The quantitative estimate of drug-likeness (QED) is 0.885. The number of halogens is 2. The zero-order valence-electron chi connectivity index (χ0n) is 10.2. The van der Waals surface area contributed by atoms with Gasteiger partial charge in [0.15, 0.2) is 0 Å². The summed E-state index contributed by atoms with van der Waals surface area (Å²) >= 11 is 3.28. The van der Waals surface area contributed by atoms with Gasteiger partial charge in [0.1, 0.15) is 5.82 Å². The molecule has 2 rings (SSSR count). The van der Waals surface area contributed by atoms with Gasteiger partial charge in [-0.05, 0) is 22.0 Å². The molecule has 1 heterocycles. The maximum atomic E-state index is 13.3. The van der Waals surface area contributed by atoms with Crippen molar-refractivity contribution in [1.82, 2.24) is 9.78 Å². The standard InChI is InChI=1S/C13H14BrFN2O2/c14-11-5-16-17(6-11)7-12(18)9-19-8-10-3-1-2-4-13(10)15/h1-6,12,18H,7-9H2/t12-/m1/s1. The topological polar surface area (TPSA) is 47.3 Å². The molecule has 1 aromatic heterocycles. The number of nitrogens with zero attached hydrogens (tertiary/aromatic N) is 2. The van der Waals surface area contributed by atoms with Gasteiger partial charge < -0.3 is 9.84 Å². The van der Waals surface area contributed by atoms with Crippen LogP contribution in [0.3, 0.4) is 0 Å². The lowest BCUT2D eigenvalue weighted by Gasteiger charge is -2.11. The Labute approximate surface area is 118 Å². The van der Waals surface area contributed by atoms with E-state index in [2.05, 4.69) is 21.0 Å². The van der Waals surface area contributed by atoms with Crippen LogP contribution < -0.4 is 0 Å². The third-order valence-electron chi connectivity index (χ3n) is 2.53. The summed E-state index contributed by atoms with van der Waals surface area (Å²) in [6.07, 6.45) is 2.73. The predicted octanol–water partition coefficient (Wildman–Crippen LogP) is 2.36. The summed E-state index contributed by atoms with van der Waals surface area (Å²) in [5, 5.41) is 13.8. The van der Waals surface area contributed by atoms with Crippen LogP contribution >= 0.6 is 15.9 Å². The second kappa shape index (κ2) is 6.79. The Hall–Kier alpha value is -1.24. The van der Waals surface area contributed by atoms with E-state index in [9.17, 15) is 9.50 Å². The summed E-state index contributed by atoms with van der Waals surface area (Å²) in [7, 11) is 0. The van der Waals surface area contributed by atoms with Crippen molar-refractivity contribution in [2.75, 3.05) is 6.61 Å². The minimum atomic E-state index is -0.682. The van der Waals surface area contributed by atoms with E-state index in [1.165, 1.54) is 6.07 Å². The molecule has 1 atom stereocenters. The van der Waals surface area contributed by atoms with Crippen LogP contribution in [0.5, 0.6) is 0 Å². The first kappa shape index (κ1) is 14.2. The van der Waals surface area contributed by atoms with Crippen LogP contribution in [-0.4, -0.2) is 27.6 Å². The fraction of sp³-hybridized carbons (Fsp3) is 0.308. The highest BCUT2D eigenvalue weighted by molar-refractivity contribution is 9.10. The molecule has 1 aromatic carbocycles. The van der Waals surface area contributed by atoms with Gasteiger partial charge >= 0.3 is 0 Å². The predicted molar refractivity (Wildman–Crippen MR) is 72.0 cm³/mol. The van der Waals surface area contributed by atoms with E-state index in [1.807, 2.05) is 0 Å². The summed E-state index contributed by atoms with van der Waals surface area (Å²) in [5.74, 6) is -0.298. The molecule has 19 heavy (non-hydrogen) atoms. The first-order chi connectivity index (χ1) is 9.15. The lowest BCUT2D eigenvalue weighted by atomic mass is 10.2. The van der Waals surface area contributed by atoms with E-state index in [4.69, 9.17) is 4.74 Å². The van der Waals surface area contributed by atoms with Crippen LogP contribution in [0.15, 0.2) is 41.1 Å². The van der Waals surface area contributed by atoms with Gasteiger partial charge in [0.05, 0.1) is 36.5 Å². The summed E-state index contributed by atoms with van der Waals surface area (Å²) in [6, 6.07) is 6.42. The van der Waals surface area contributed by atoms with Crippen molar-refractivity contribution in [3.05, 3.63) is 52.5 Å². The molecule has 0 unspecified atom stereocenters. The average molecular weight is 329 g/mol. The maximum Gasteiger partial charge on any atom is 0.128 e. The Kier molecular flexibility index (Phi) is 5.07. The first-order valence-corrected chi connectivity index (χ1v) is 6.61. The van der Waals surface area contributed by atoms with Gasteiger partial charge in [-0.1, -0.05) is 18.2 Å². The maximum absolute atomic E-state index is 13.3. The number of aliphatic hydroxyl groups excluding tert-OH is 1. The van der Waals surface area contributed by atoms with Crippen LogP contribution in [0.25, 0.3) is 0 Å². The lowest BCUT2D eigenvalue weighted by Crippen LogP contribution is -2.22. The van der Waals surface area contributed by atoms with Gasteiger partial charge in [-0.2, -0.15) is 5.10 Å². The minimum absolute atomic E-state index is 0.131. The van der Waals surface area contributed by atoms with Crippen LogP contribution in [0.1, 0.15) is 5.56 Å². The Bertz CT molecular complexity index is 533. The molecule has 0 bridgehead atoms. The molecule has 102 valence electrons. The van der Waals surface area contributed by atoms with E-state index < -0.39 is 6.10 Å². The fourth-order valence-electron chi connectivity index (χ4n) is 1.63. The van der Waals surface area contributed by atoms with Gasteiger partial charge in [-0.25, -0.2) is 4.39 Å². The minimum Gasteiger partial charge on any atom is -0.389 e. The zero-order valence-corrected chi connectivity index (χ0v) is 11.8. The van der Waals surface area contributed by atoms with Gasteiger partial charge in [-0.15, -0.1) is 0 Å². The van der Waals surface area contributed by atoms with Crippen LogP contribution in [0.2, 0.25) is 0 Å².